The number of ether oxygens (including phenoxy) is 1. The fourth-order valence-electron chi connectivity index (χ4n) is 9.65. The largest absolute Gasteiger partial charge is 0.457 e. The van der Waals surface area contributed by atoms with Crippen molar-refractivity contribution in [2.75, 3.05) is 0 Å². The van der Waals surface area contributed by atoms with Gasteiger partial charge >= 0.3 is 0 Å². The summed E-state index contributed by atoms with van der Waals surface area (Å²) in [6, 6.07) is 63.8. The Morgan fingerprint density at radius 1 is 0.508 bits per heavy atom. The van der Waals surface area contributed by atoms with Crippen molar-refractivity contribution in [1.82, 2.24) is 19.5 Å². The van der Waals surface area contributed by atoms with Gasteiger partial charge in [-0.05, 0) is 64.7 Å². The average Bonchev–Trinajstić information content (AvgIpc) is 3.80. The van der Waals surface area contributed by atoms with E-state index in [2.05, 4.69) is 88.3 Å². The summed E-state index contributed by atoms with van der Waals surface area (Å²) in [6.45, 7) is 8.65. The fraction of sp³-hybridized carbons (Fsp3) is 0.0185. The zero-order chi connectivity index (χ0) is 40.7. The summed E-state index contributed by atoms with van der Waals surface area (Å²) in [6.07, 6.45) is 0. The molecule has 0 N–H and O–H groups in total. The number of para-hydroxylation sites is 3. The van der Waals surface area contributed by atoms with Crippen molar-refractivity contribution in [2.24, 2.45) is 0 Å². The normalized spacial score (nSPS) is 12.8. The van der Waals surface area contributed by atoms with Gasteiger partial charge in [0.15, 0.2) is 17.5 Å². The highest BCUT2D eigenvalue weighted by molar-refractivity contribution is 6.13. The lowest BCUT2D eigenvalue weighted by atomic mass is 9.66. The second-order valence-corrected chi connectivity index (χ2v) is 15.3. The van der Waals surface area contributed by atoms with Crippen molar-refractivity contribution < 1.29 is 4.74 Å². The van der Waals surface area contributed by atoms with E-state index >= 15 is 0 Å². The smallest absolute Gasteiger partial charge is 0.212 e. The van der Waals surface area contributed by atoms with Gasteiger partial charge in [0.1, 0.15) is 11.5 Å². The molecule has 0 amide bonds. The molecule has 0 atom stereocenters. The summed E-state index contributed by atoms with van der Waals surface area (Å²) >= 11 is 0. The summed E-state index contributed by atoms with van der Waals surface area (Å²) < 4.78 is 8.71. The van der Waals surface area contributed by atoms with Gasteiger partial charge in [-0.15, -0.1) is 0 Å². The highest BCUT2D eigenvalue weighted by Crippen LogP contribution is 2.62. The van der Waals surface area contributed by atoms with Gasteiger partial charge in [0.25, 0.3) is 0 Å². The third-order valence-corrected chi connectivity index (χ3v) is 12.2. The molecular weight excluding hydrogens is 749 g/mol. The van der Waals surface area contributed by atoms with E-state index in [1.165, 1.54) is 5.56 Å². The topological polar surface area (TPSA) is 81.0 Å². The lowest BCUT2D eigenvalue weighted by molar-refractivity contribution is 0.436. The van der Waals surface area contributed by atoms with Gasteiger partial charge in [-0.25, -0.2) is 19.8 Å². The third-order valence-electron chi connectivity index (χ3n) is 12.2. The Hall–Kier alpha value is -8.65. The summed E-state index contributed by atoms with van der Waals surface area (Å²) in [5.74, 6) is 2.99. The minimum absolute atomic E-state index is 0.305. The molecule has 1 aliphatic heterocycles. The molecule has 0 fully saturated rings. The minimum Gasteiger partial charge on any atom is -0.457 e. The van der Waals surface area contributed by atoms with E-state index in [1.807, 2.05) is 97.1 Å². The van der Waals surface area contributed by atoms with Gasteiger partial charge in [0, 0.05) is 38.6 Å². The van der Waals surface area contributed by atoms with Crippen molar-refractivity contribution in [2.45, 2.75) is 5.41 Å². The van der Waals surface area contributed by atoms with Crippen LogP contribution in [-0.4, -0.2) is 19.5 Å². The van der Waals surface area contributed by atoms with E-state index < -0.39 is 5.41 Å². The number of rotatable bonds is 4. The highest BCUT2D eigenvalue weighted by Gasteiger charge is 2.51. The van der Waals surface area contributed by atoms with Gasteiger partial charge in [0.05, 0.1) is 40.3 Å². The maximum atomic E-state index is 11.1. The van der Waals surface area contributed by atoms with Crippen molar-refractivity contribution in [3.63, 3.8) is 0 Å². The number of hydrogen-bond acceptors (Lipinski definition) is 5. The number of aromatic nitrogens is 4. The zero-order valence-electron chi connectivity index (χ0n) is 32.4. The van der Waals surface area contributed by atoms with Crippen LogP contribution in [0.1, 0.15) is 27.8 Å². The molecule has 2 aromatic heterocycles. The first-order valence-electron chi connectivity index (χ1n) is 20.0. The molecule has 8 aromatic carbocycles. The Morgan fingerprint density at radius 3 is 1.70 bits per heavy atom. The van der Waals surface area contributed by atoms with Crippen LogP contribution in [0, 0.1) is 17.9 Å². The van der Waals surface area contributed by atoms with Crippen LogP contribution in [0.4, 0.5) is 5.69 Å². The van der Waals surface area contributed by atoms with E-state index in [4.69, 9.17) is 26.3 Å². The van der Waals surface area contributed by atoms with E-state index in [9.17, 15) is 5.26 Å². The van der Waals surface area contributed by atoms with Gasteiger partial charge in [0.2, 0.25) is 5.69 Å². The van der Waals surface area contributed by atoms with E-state index in [0.717, 1.165) is 72.2 Å². The van der Waals surface area contributed by atoms with Gasteiger partial charge in [-0.2, -0.15) is 5.26 Å². The Morgan fingerprint density at radius 2 is 1.07 bits per heavy atom. The molecule has 3 heterocycles. The molecule has 0 unspecified atom stereocenters. The predicted molar refractivity (Wildman–Crippen MR) is 239 cm³/mol. The number of benzene rings is 8. The molecule has 0 radical (unpaired) electrons. The monoisotopic (exact) mass is 778 g/mol. The van der Waals surface area contributed by atoms with Gasteiger partial charge < -0.3 is 9.30 Å². The maximum absolute atomic E-state index is 11.1. The Balaban J connectivity index is 1.14. The first kappa shape index (κ1) is 34.4. The quantitative estimate of drug-likeness (QED) is 0.166. The molecular formula is C54H30N6O. The van der Waals surface area contributed by atoms with Crippen LogP contribution in [0.15, 0.2) is 182 Å². The molecule has 7 nitrogen and oxygen atoms in total. The Kier molecular flexibility index (Phi) is 7.44. The molecule has 282 valence electrons. The second-order valence-electron chi connectivity index (χ2n) is 15.3. The molecule has 0 bridgehead atoms. The predicted octanol–water partition coefficient (Wildman–Crippen LogP) is 12.9. The first-order chi connectivity index (χ1) is 30.1. The van der Waals surface area contributed by atoms with Crippen LogP contribution < -0.4 is 4.74 Å². The van der Waals surface area contributed by atoms with Gasteiger partial charge in [-0.1, -0.05) is 140 Å². The SMILES string of the molecule is [C-]#[N+]c1cc(-c2nc(-c3ccccc3)nc(-c3ccccc3)n2)cc(C#N)c1-n1c2ccccc2c2cc3c(cc21)C1(c2ccccc2Oc2ccccc21)c1ccccc1-3. The second kappa shape index (κ2) is 13.2. The molecule has 61 heavy (non-hydrogen) atoms. The number of nitriles is 1. The Labute approximate surface area is 350 Å². The number of nitrogens with zero attached hydrogens (tertiary/aromatic N) is 6. The van der Waals surface area contributed by atoms with Crippen molar-refractivity contribution in [3.05, 3.63) is 221 Å². The highest BCUT2D eigenvalue weighted by atomic mass is 16.5. The zero-order valence-corrected chi connectivity index (χ0v) is 32.4. The molecule has 0 saturated heterocycles. The van der Waals surface area contributed by atoms with Crippen LogP contribution >= 0.6 is 0 Å². The molecule has 1 aliphatic carbocycles. The lowest BCUT2D eigenvalue weighted by Gasteiger charge is -2.39. The van der Waals surface area contributed by atoms with Crippen LogP contribution in [0.3, 0.4) is 0 Å². The minimum atomic E-state index is -0.691. The van der Waals surface area contributed by atoms with Gasteiger partial charge in [-0.3, -0.25) is 0 Å². The van der Waals surface area contributed by atoms with E-state index in [0.29, 0.717) is 40.0 Å². The van der Waals surface area contributed by atoms with Crippen molar-refractivity contribution in [3.8, 4) is 68.5 Å². The van der Waals surface area contributed by atoms with Crippen LogP contribution in [0.2, 0.25) is 0 Å². The summed E-state index contributed by atoms with van der Waals surface area (Å²) in [7, 11) is 0. The first-order valence-corrected chi connectivity index (χ1v) is 20.0. The van der Waals surface area contributed by atoms with Crippen LogP contribution in [0.5, 0.6) is 11.5 Å². The molecule has 2 aliphatic rings. The fourth-order valence-corrected chi connectivity index (χ4v) is 9.65. The number of hydrogen-bond donors (Lipinski definition) is 0. The van der Waals surface area contributed by atoms with Crippen LogP contribution in [0.25, 0.3) is 77.6 Å². The van der Waals surface area contributed by atoms with E-state index in [1.54, 1.807) is 12.1 Å². The van der Waals surface area contributed by atoms with Crippen molar-refractivity contribution in [1.29, 1.82) is 5.26 Å². The molecule has 10 aromatic rings. The molecule has 12 rings (SSSR count). The summed E-state index contributed by atoms with van der Waals surface area (Å²) in [4.78, 5) is 18.9. The average molecular weight is 779 g/mol. The summed E-state index contributed by atoms with van der Waals surface area (Å²) in [5, 5.41) is 13.1. The molecule has 7 heteroatoms. The number of fused-ring (bicyclic) bond motifs is 12. The summed E-state index contributed by atoms with van der Waals surface area (Å²) in [5.41, 5.74) is 11.2. The standard InChI is InChI=1S/C54H30N6O/c1-56-45-29-35(53-58-51(33-16-4-2-5-17-33)57-52(59-53)34-18-6-3-7-19-34)28-36(32-55)50(45)60-46-25-13-9-21-38(46)40-30-39-37-20-8-10-22-41(37)54(44(39)31-47(40)60)42-23-11-14-26-48(42)61-49-27-15-12-24-43(49)54/h2-31H. The third kappa shape index (κ3) is 4.93. The molecule has 1 spiro atoms. The van der Waals surface area contributed by atoms with Crippen molar-refractivity contribution >= 4 is 27.5 Å². The van der Waals surface area contributed by atoms with E-state index in [-0.39, 0.29) is 0 Å². The maximum Gasteiger partial charge on any atom is 0.212 e. The Bertz CT molecular complexity index is 3400. The molecule has 0 saturated carbocycles. The van der Waals surface area contributed by atoms with Crippen LogP contribution in [-0.2, 0) is 5.41 Å². The lowest BCUT2D eigenvalue weighted by Crippen LogP contribution is -2.32.